The summed E-state index contributed by atoms with van der Waals surface area (Å²) in [6, 6.07) is 6.48. The summed E-state index contributed by atoms with van der Waals surface area (Å²) in [6.45, 7) is 5.16. The Balaban J connectivity index is 2.17. The van der Waals surface area contributed by atoms with Crippen LogP contribution in [0.25, 0.3) is 0 Å². The first-order valence-corrected chi connectivity index (χ1v) is 7.40. The van der Waals surface area contributed by atoms with Gasteiger partial charge in [0.05, 0.1) is 0 Å². The van der Waals surface area contributed by atoms with E-state index in [1.54, 1.807) is 0 Å². The van der Waals surface area contributed by atoms with Crippen LogP contribution in [0.3, 0.4) is 0 Å². The summed E-state index contributed by atoms with van der Waals surface area (Å²) in [6.07, 6.45) is 0. The molecule has 1 aliphatic heterocycles. The lowest BCUT2D eigenvalue weighted by molar-refractivity contribution is 0.782. The van der Waals surface area contributed by atoms with Crippen molar-refractivity contribution in [2.75, 3.05) is 23.7 Å². The molecule has 0 bridgehead atoms. The Morgan fingerprint density at radius 3 is 3.00 bits per heavy atom. The number of nitrogens with zero attached hydrogens (tertiary/aromatic N) is 1. The molecule has 0 aromatic heterocycles. The second kappa shape index (κ2) is 5.43. The summed E-state index contributed by atoms with van der Waals surface area (Å²) >= 11 is 5.63. The fourth-order valence-electron chi connectivity index (χ4n) is 1.95. The predicted molar refractivity (Wildman–Crippen MR) is 76.2 cm³/mol. The van der Waals surface area contributed by atoms with Crippen LogP contribution in [0.5, 0.6) is 0 Å². The molecule has 1 unspecified atom stereocenters. The molecule has 16 heavy (non-hydrogen) atoms. The maximum absolute atomic E-state index is 5.65. The summed E-state index contributed by atoms with van der Waals surface area (Å²) in [5.74, 6) is 1.22. The van der Waals surface area contributed by atoms with E-state index in [4.69, 9.17) is 5.73 Å². The van der Waals surface area contributed by atoms with Crippen molar-refractivity contribution in [1.29, 1.82) is 0 Å². The predicted octanol–water partition coefficient (Wildman–Crippen LogP) is 2.85. The Hall–Kier alpha value is -0.190. The molecule has 2 nitrogen and oxygen atoms in total. The first-order valence-electron chi connectivity index (χ1n) is 5.55. The highest BCUT2D eigenvalue weighted by atomic mass is 79.9. The zero-order valence-corrected chi connectivity index (χ0v) is 11.9. The van der Waals surface area contributed by atoms with Crippen LogP contribution in [-0.4, -0.2) is 24.1 Å². The van der Waals surface area contributed by atoms with Crippen molar-refractivity contribution in [1.82, 2.24) is 0 Å². The number of halogens is 1. The molecule has 0 spiro atoms. The number of benzene rings is 1. The lowest BCUT2D eigenvalue weighted by Gasteiger charge is -2.32. The maximum atomic E-state index is 5.65. The van der Waals surface area contributed by atoms with Crippen molar-refractivity contribution < 1.29 is 0 Å². The minimum Gasteiger partial charge on any atom is -0.370 e. The molecule has 1 saturated heterocycles. The third kappa shape index (κ3) is 2.73. The van der Waals surface area contributed by atoms with Gasteiger partial charge in [-0.3, -0.25) is 0 Å². The van der Waals surface area contributed by atoms with Gasteiger partial charge in [0.1, 0.15) is 0 Å². The van der Waals surface area contributed by atoms with Gasteiger partial charge in [-0.15, -0.1) is 0 Å². The number of thioether (sulfide) groups is 1. The average Bonchev–Trinajstić information content (AvgIpc) is 2.29. The molecule has 2 N–H and O–H groups in total. The van der Waals surface area contributed by atoms with Gasteiger partial charge in [-0.1, -0.05) is 28.9 Å². The SMILES string of the molecule is CC1CN(c2ccc(CN)c(Br)c2)CCS1. The molecule has 1 heterocycles. The largest absolute Gasteiger partial charge is 0.370 e. The van der Waals surface area contributed by atoms with Gasteiger partial charge in [0, 0.05) is 40.8 Å². The maximum Gasteiger partial charge on any atom is 0.0378 e. The van der Waals surface area contributed by atoms with Gasteiger partial charge in [-0.05, 0) is 17.7 Å². The second-order valence-corrected chi connectivity index (χ2v) is 6.51. The second-order valence-electron chi connectivity index (χ2n) is 4.11. The minimum absolute atomic E-state index is 0.590. The Bertz CT molecular complexity index is 370. The van der Waals surface area contributed by atoms with Crippen molar-refractivity contribution >= 4 is 33.4 Å². The van der Waals surface area contributed by atoms with Crippen LogP contribution in [0.1, 0.15) is 12.5 Å². The standard InChI is InChI=1S/C12H17BrN2S/c1-9-8-15(4-5-16-9)11-3-2-10(7-14)12(13)6-11/h2-3,6,9H,4-5,7-8,14H2,1H3. The van der Waals surface area contributed by atoms with Gasteiger partial charge in [0.2, 0.25) is 0 Å². The number of nitrogens with two attached hydrogens (primary N) is 1. The molecule has 1 atom stereocenters. The van der Waals surface area contributed by atoms with Crippen molar-refractivity contribution in [3.63, 3.8) is 0 Å². The average molecular weight is 301 g/mol. The molecule has 1 aliphatic rings. The monoisotopic (exact) mass is 300 g/mol. The number of rotatable bonds is 2. The normalized spacial score (nSPS) is 21.2. The van der Waals surface area contributed by atoms with Gasteiger partial charge in [-0.25, -0.2) is 0 Å². The van der Waals surface area contributed by atoms with Crippen molar-refractivity contribution in [3.8, 4) is 0 Å². The fourth-order valence-corrected chi connectivity index (χ4v) is 3.49. The van der Waals surface area contributed by atoms with E-state index in [0.717, 1.165) is 22.8 Å². The highest BCUT2D eigenvalue weighted by Crippen LogP contribution is 2.27. The van der Waals surface area contributed by atoms with E-state index < -0.39 is 0 Å². The lowest BCUT2D eigenvalue weighted by atomic mass is 10.2. The lowest BCUT2D eigenvalue weighted by Crippen LogP contribution is -2.36. The molecular formula is C12H17BrN2S. The Morgan fingerprint density at radius 2 is 2.38 bits per heavy atom. The molecule has 2 rings (SSSR count). The first-order chi connectivity index (χ1) is 7.70. The molecule has 0 amide bonds. The van der Waals surface area contributed by atoms with E-state index >= 15 is 0 Å². The third-order valence-electron chi connectivity index (χ3n) is 2.86. The van der Waals surface area contributed by atoms with Crippen LogP contribution in [0.2, 0.25) is 0 Å². The quantitative estimate of drug-likeness (QED) is 0.911. The summed E-state index contributed by atoms with van der Waals surface area (Å²) in [7, 11) is 0. The molecule has 0 saturated carbocycles. The van der Waals surface area contributed by atoms with Crippen molar-refractivity contribution in [2.45, 2.75) is 18.7 Å². The molecule has 0 aliphatic carbocycles. The first kappa shape index (κ1) is 12.3. The zero-order valence-electron chi connectivity index (χ0n) is 9.45. The Labute approximate surface area is 110 Å². The summed E-state index contributed by atoms with van der Waals surface area (Å²) < 4.78 is 1.12. The summed E-state index contributed by atoms with van der Waals surface area (Å²) in [5.41, 5.74) is 8.13. The highest BCUT2D eigenvalue weighted by Gasteiger charge is 2.17. The van der Waals surface area contributed by atoms with Gasteiger partial charge in [0.15, 0.2) is 0 Å². The molecule has 4 heteroatoms. The highest BCUT2D eigenvalue weighted by molar-refractivity contribution is 9.10. The molecule has 88 valence electrons. The number of hydrogen-bond acceptors (Lipinski definition) is 3. The topological polar surface area (TPSA) is 29.3 Å². The van der Waals surface area contributed by atoms with Crippen LogP contribution in [-0.2, 0) is 6.54 Å². The van der Waals surface area contributed by atoms with E-state index in [9.17, 15) is 0 Å². The molecule has 1 aromatic carbocycles. The smallest absolute Gasteiger partial charge is 0.0378 e. The zero-order chi connectivity index (χ0) is 11.5. The van der Waals surface area contributed by atoms with Gasteiger partial charge >= 0.3 is 0 Å². The summed E-state index contributed by atoms with van der Waals surface area (Å²) in [5, 5.41) is 0.724. The Kier molecular flexibility index (Phi) is 4.16. The van der Waals surface area contributed by atoms with Gasteiger partial charge in [0.25, 0.3) is 0 Å². The summed E-state index contributed by atoms with van der Waals surface area (Å²) in [4.78, 5) is 2.45. The van der Waals surface area contributed by atoms with Crippen molar-refractivity contribution in [2.24, 2.45) is 5.73 Å². The van der Waals surface area contributed by atoms with Crippen LogP contribution in [0, 0.1) is 0 Å². The van der Waals surface area contributed by atoms with E-state index in [-0.39, 0.29) is 0 Å². The van der Waals surface area contributed by atoms with Crippen LogP contribution in [0.15, 0.2) is 22.7 Å². The fraction of sp³-hybridized carbons (Fsp3) is 0.500. The molecule has 1 fully saturated rings. The van der Waals surface area contributed by atoms with E-state index in [1.165, 1.54) is 17.0 Å². The van der Waals surface area contributed by atoms with Gasteiger partial charge in [-0.2, -0.15) is 11.8 Å². The van der Waals surface area contributed by atoms with Crippen LogP contribution in [0.4, 0.5) is 5.69 Å². The third-order valence-corrected chi connectivity index (χ3v) is 4.74. The molecule has 0 radical (unpaired) electrons. The van der Waals surface area contributed by atoms with Gasteiger partial charge < -0.3 is 10.6 Å². The van der Waals surface area contributed by atoms with E-state index in [2.05, 4.69) is 57.7 Å². The number of hydrogen-bond donors (Lipinski definition) is 1. The molecule has 1 aromatic rings. The van der Waals surface area contributed by atoms with Crippen molar-refractivity contribution in [3.05, 3.63) is 28.2 Å². The minimum atomic E-state index is 0.590. The number of anilines is 1. The Morgan fingerprint density at radius 1 is 1.56 bits per heavy atom. The van der Waals surface area contributed by atoms with E-state index in [0.29, 0.717) is 6.54 Å². The van der Waals surface area contributed by atoms with Crippen LogP contribution < -0.4 is 10.6 Å². The molecular weight excluding hydrogens is 284 g/mol. The van der Waals surface area contributed by atoms with Crippen LogP contribution >= 0.6 is 27.7 Å². The van der Waals surface area contributed by atoms with E-state index in [1.807, 2.05) is 0 Å².